The van der Waals surface area contributed by atoms with Crippen molar-refractivity contribution in [3.05, 3.63) is 23.3 Å². The predicted molar refractivity (Wildman–Crippen MR) is 65.1 cm³/mol. The number of methoxy groups -OCH3 is 1. The molecule has 0 unspecified atom stereocenters. The van der Waals surface area contributed by atoms with E-state index in [1.165, 1.54) is 16.0 Å². The minimum Gasteiger partial charge on any atom is -0.496 e. The predicted octanol–water partition coefficient (Wildman–Crippen LogP) is 2.11. The van der Waals surface area contributed by atoms with Crippen molar-refractivity contribution in [1.29, 1.82) is 0 Å². The van der Waals surface area contributed by atoms with Gasteiger partial charge >= 0.3 is 0 Å². The number of benzene rings is 1. The van der Waals surface area contributed by atoms with E-state index in [1.807, 2.05) is 0 Å². The zero-order chi connectivity index (χ0) is 10.7. The lowest BCUT2D eigenvalue weighted by atomic mass is 10.0. The van der Waals surface area contributed by atoms with Crippen LogP contribution in [0.1, 0.15) is 11.1 Å². The van der Waals surface area contributed by atoms with Crippen LogP contribution in [-0.2, 0) is 12.8 Å². The molecule has 0 spiro atoms. The second-order valence-corrected chi connectivity index (χ2v) is 4.57. The minimum absolute atomic E-state index is 1.02. The fourth-order valence-electron chi connectivity index (χ4n) is 2.00. The van der Waals surface area contributed by atoms with Gasteiger partial charge in [-0.25, -0.2) is 0 Å². The van der Waals surface area contributed by atoms with Crippen LogP contribution in [0.3, 0.4) is 0 Å². The van der Waals surface area contributed by atoms with Gasteiger partial charge in [-0.1, -0.05) is 0 Å². The first-order valence-electron chi connectivity index (χ1n) is 5.29. The van der Waals surface area contributed by atoms with Crippen LogP contribution < -0.4 is 10.1 Å². The van der Waals surface area contributed by atoms with Gasteiger partial charge in [0.05, 0.1) is 7.11 Å². The van der Waals surface area contributed by atoms with Crippen LogP contribution in [0.4, 0.5) is 0 Å². The van der Waals surface area contributed by atoms with E-state index in [-0.39, 0.29) is 0 Å². The number of hydrogen-bond acceptors (Lipinski definition) is 3. The van der Waals surface area contributed by atoms with E-state index in [1.54, 1.807) is 18.9 Å². The summed E-state index contributed by atoms with van der Waals surface area (Å²) in [5.74, 6) is 1.02. The second-order valence-electron chi connectivity index (χ2n) is 3.73. The van der Waals surface area contributed by atoms with Gasteiger partial charge in [-0.3, -0.25) is 0 Å². The van der Waals surface area contributed by atoms with Crippen LogP contribution >= 0.6 is 11.8 Å². The average molecular weight is 223 g/mol. The second kappa shape index (κ2) is 4.90. The van der Waals surface area contributed by atoms with Crippen LogP contribution in [0.2, 0.25) is 0 Å². The molecule has 15 heavy (non-hydrogen) atoms. The first-order valence-corrected chi connectivity index (χ1v) is 6.52. The van der Waals surface area contributed by atoms with Crippen molar-refractivity contribution in [2.45, 2.75) is 17.7 Å². The lowest BCUT2D eigenvalue weighted by molar-refractivity contribution is 0.404. The molecule has 2 rings (SSSR count). The molecule has 0 atom stereocenters. The molecule has 0 saturated heterocycles. The first kappa shape index (κ1) is 10.8. The fourth-order valence-corrected chi connectivity index (χ4v) is 2.60. The Labute approximate surface area is 95.4 Å². The molecule has 1 aliphatic rings. The summed E-state index contributed by atoms with van der Waals surface area (Å²) in [5, 5.41) is 3.42. The molecule has 0 aromatic heterocycles. The van der Waals surface area contributed by atoms with E-state index in [4.69, 9.17) is 4.74 Å². The van der Waals surface area contributed by atoms with Crippen molar-refractivity contribution in [1.82, 2.24) is 5.32 Å². The quantitative estimate of drug-likeness (QED) is 0.776. The number of fused-ring (bicyclic) bond motifs is 1. The van der Waals surface area contributed by atoms with Crippen molar-refractivity contribution in [2.24, 2.45) is 0 Å². The Kier molecular flexibility index (Phi) is 3.54. The molecule has 82 valence electrons. The normalized spacial score (nSPS) is 15.6. The monoisotopic (exact) mass is 223 g/mol. The van der Waals surface area contributed by atoms with E-state index < -0.39 is 0 Å². The van der Waals surface area contributed by atoms with Crippen LogP contribution in [0.5, 0.6) is 5.75 Å². The van der Waals surface area contributed by atoms with Gasteiger partial charge in [-0.05, 0) is 55.4 Å². The van der Waals surface area contributed by atoms with Gasteiger partial charge in [-0.2, -0.15) is 0 Å². The van der Waals surface area contributed by atoms with Gasteiger partial charge in [0, 0.05) is 4.90 Å². The fraction of sp³-hybridized carbons (Fsp3) is 0.500. The molecule has 1 heterocycles. The zero-order valence-corrected chi connectivity index (χ0v) is 10.1. The molecule has 1 aromatic carbocycles. The molecule has 0 radical (unpaired) electrons. The summed E-state index contributed by atoms with van der Waals surface area (Å²) in [6, 6.07) is 4.49. The van der Waals surface area contributed by atoms with Crippen molar-refractivity contribution < 1.29 is 4.74 Å². The molecule has 0 fully saturated rings. The van der Waals surface area contributed by atoms with Crippen LogP contribution in [-0.4, -0.2) is 26.5 Å². The number of nitrogens with one attached hydrogen (secondary N) is 1. The van der Waals surface area contributed by atoms with Crippen molar-refractivity contribution in [2.75, 3.05) is 26.5 Å². The maximum atomic E-state index is 5.40. The van der Waals surface area contributed by atoms with E-state index in [0.717, 1.165) is 31.7 Å². The summed E-state index contributed by atoms with van der Waals surface area (Å²) in [7, 11) is 1.75. The molecule has 1 N–H and O–H groups in total. The van der Waals surface area contributed by atoms with Gasteiger partial charge in [0.2, 0.25) is 0 Å². The summed E-state index contributed by atoms with van der Waals surface area (Å²) in [6.45, 7) is 2.17. The molecule has 3 heteroatoms. The highest BCUT2D eigenvalue weighted by atomic mass is 32.2. The summed E-state index contributed by atoms with van der Waals surface area (Å²) in [6.07, 6.45) is 4.34. The Bertz CT molecular complexity index is 319. The van der Waals surface area contributed by atoms with Crippen LogP contribution in [0.15, 0.2) is 17.0 Å². The Morgan fingerprint density at radius 1 is 1.20 bits per heavy atom. The lowest BCUT2D eigenvalue weighted by Crippen LogP contribution is -2.16. The third kappa shape index (κ3) is 2.29. The van der Waals surface area contributed by atoms with Gasteiger partial charge < -0.3 is 10.1 Å². The maximum absolute atomic E-state index is 5.40. The Hall–Kier alpha value is -0.670. The molecule has 0 bridgehead atoms. The van der Waals surface area contributed by atoms with E-state index in [0.29, 0.717) is 0 Å². The summed E-state index contributed by atoms with van der Waals surface area (Å²) >= 11 is 1.75. The standard InChI is InChI=1S/C12H17NOS/c1-14-11-7-9-3-5-13-6-4-10(9)8-12(11)15-2/h7-8,13H,3-6H2,1-2H3. The van der Waals surface area contributed by atoms with Crippen LogP contribution in [0, 0.1) is 0 Å². The molecule has 0 aliphatic carbocycles. The van der Waals surface area contributed by atoms with Crippen molar-refractivity contribution in [3.63, 3.8) is 0 Å². The summed E-state index contributed by atoms with van der Waals surface area (Å²) in [5.41, 5.74) is 2.92. The number of rotatable bonds is 2. The summed E-state index contributed by atoms with van der Waals surface area (Å²) < 4.78 is 5.40. The zero-order valence-electron chi connectivity index (χ0n) is 9.30. The highest BCUT2D eigenvalue weighted by Crippen LogP contribution is 2.31. The number of hydrogen-bond donors (Lipinski definition) is 1. The van der Waals surface area contributed by atoms with Gasteiger partial charge in [-0.15, -0.1) is 11.8 Å². The van der Waals surface area contributed by atoms with Gasteiger partial charge in [0.15, 0.2) is 0 Å². The average Bonchev–Trinajstić information content (AvgIpc) is 2.51. The molecular formula is C12H17NOS. The lowest BCUT2D eigenvalue weighted by Gasteiger charge is -2.12. The SMILES string of the molecule is COc1cc2c(cc1SC)CCNCC2. The van der Waals surface area contributed by atoms with Crippen molar-refractivity contribution >= 4 is 11.8 Å². The van der Waals surface area contributed by atoms with E-state index >= 15 is 0 Å². The van der Waals surface area contributed by atoms with Gasteiger partial charge in [0.1, 0.15) is 5.75 Å². The van der Waals surface area contributed by atoms with Gasteiger partial charge in [0.25, 0.3) is 0 Å². The first-order chi connectivity index (χ1) is 7.35. The largest absolute Gasteiger partial charge is 0.496 e. The number of ether oxygens (including phenoxy) is 1. The maximum Gasteiger partial charge on any atom is 0.132 e. The highest BCUT2D eigenvalue weighted by molar-refractivity contribution is 7.98. The number of thioether (sulfide) groups is 1. The van der Waals surface area contributed by atoms with Crippen LogP contribution in [0.25, 0.3) is 0 Å². The Morgan fingerprint density at radius 2 is 1.87 bits per heavy atom. The highest BCUT2D eigenvalue weighted by Gasteiger charge is 2.11. The van der Waals surface area contributed by atoms with E-state index in [9.17, 15) is 0 Å². The van der Waals surface area contributed by atoms with E-state index in [2.05, 4.69) is 23.7 Å². The topological polar surface area (TPSA) is 21.3 Å². The molecule has 0 saturated carbocycles. The Morgan fingerprint density at radius 3 is 2.47 bits per heavy atom. The Balaban J connectivity index is 2.41. The minimum atomic E-state index is 1.02. The third-order valence-corrected chi connectivity index (χ3v) is 3.61. The molecule has 1 aliphatic heterocycles. The molecule has 0 amide bonds. The third-order valence-electron chi connectivity index (χ3n) is 2.85. The molecule has 2 nitrogen and oxygen atoms in total. The summed E-state index contributed by atoms with van der Waals surface area (Å²) in [4.78, 5) is 1.25. The molecule has 1 aromatic rings. The van der Waals surface area contributed by atoms with Crippen molar-refractivity contribution in [3.8, 4) is 5.75 Å². The smallest absolute Gasteiger partial charge is 0.132 e. The molecular weight excluding hydrogens is 206 g/mol.